The van der Waals surface area contributed by atoms with Gasteiger partial charge in [0.15, 0.2) is 0 Å². The second kappa shape index (κ2) is 5.35. The maximum Gasteiger partial charge on any atom is 0.223 e. The van der Waals surface area contributed by atoms with Crippen LogP contribution in [0.5, 0.6) is 0 Å². The minimum absolute atomic E-state index is 0.143. The average Bonchev–Trinajstić information content (AvgIpc) is 2.20. The van der Waals surface area contributed by atoms with Crippen molar-refractivity contribution in [2.24, 2.45) is 5.92 Å². The van der Waals surface area contributed by atoms with Crippen molar-refractivity contribution in [3.05, 3.63) is 0 Å². The third kappa shape index (κ3) is 2.98. The largest absolute Gasteiger partial charge is 0.352 e. The van der Waals surface area contributed by atoms with Crippen LogP contribution in [0.3, 0.4) is 0 Å². The van der Waals surface area contributed by atoms with Crippen molar-refractivity contribution in [3.63, 3.8) is 0 Å². The van der Waals surface area contributed by atoms with Gasteiger partial charge in [-0.2, -0.15) is 0 Å². The van der Waals surface area contributed by atoms with E-state index >= 15 is 0 Å². The Balaban J connectivity index is 2.38. The van der Waals surface area contributed by atoms with Gasteiger partial charge in [-0.3, -0.25) is 4.79 Å². The van der Waals surface area contributed by atoms with Gasteiger partial charge in [0, 0.05) is 18.0 Å². The summed E-state index contributed by atoms with van der Waals surface area (Å²) in [6.45, 7) is 7.25. The molecule has 1 heterocycles. The second-order valence-corrected chi connectivity index (χ2v) is 4.31. The van der Waals surface area contributed by atoms with E-state index in [4.69, 9.17) is 0 Å². The van der Waals surface area contributed by atoms with Crippen LogP contribution in [0.1, 0.15) is 40.0 Å². The Hall–Kier alpha value is -0.570. The molecule has 0 aromatic carbocycles. The molecule has 0 radical (unpaired) electrons. The molecule has 2 N–H and O–H groups in total. The Morgan fingerprint density at radius 2 is 2.36 bits per heavy atom. The van der Waals surface area contributed by atoms with Crippen molar-refractivity contribution < 1.29 is 4.79 Å². The zero-order chi connectivity index (χ0) is 10.6. The summed E-state index contributed by atoms with van der Waals surface area (Å²) in [5, 5.41) is 6.50. The van der Waals surface area contributed by atoms with Gasteiger partial charge in [-0.1, -0.05) is 13.8 Å². The zero-order valence-corrected chi connectivity index (χ0v) is 9.47. The standard InChI is InChI=1S/C11H22N2O/c1-4-8(2)11(14)13-10-6-5-7-12-9(10)3/h8-10,12H,4-7H2,1-3H3,(H,13,14). The first-order valence-electron chi connectivity index (χ1n) is 5.69. The van der Waals surface area contributed by atoms with Gasteiger partial charge in [-0.25, -0.2) is 0 Å². The maximum atomic E-state index is 11.6. The van der Waals surface area contributed by atoms with Crippen molar-refractivity contribution in [1.82, 2.24) is 10.6 Å². The number of carbonyl (C=O) groups excluding carboxylic acids is 1. The summed E-state index contributed by atoms with van der Waals surface area (Å²) in [4.78, 5) is 11.6. The van der Waals surface area contributed by atoms with Gasteiger partial charge < -0.3 is 10.6 Å². The summed E-state index contributed by atoms with van der Waals surface area (Å²) in [6, 6.07) is 0.738. The molecule has 0 saturated carbocycles. The third-order valence-corrected chi connectivity index (χ3v) is 3.15. The predicted octanol–water partition coefficient (Wildman–Crippen LogP) is 1.29. The Morgan fingerprint density at radius 1 is 1.64 bits per heavy atom. The topological polar surface area (TPSA) is 41.1 Å². The third-order valence-electron chi connectivity index (χ3n) is 3.15. The monoisotopic (exact) mass is 198 g/mol. The van der Waals surface area contributed by atoms with Gasteiger partial charge >= 0.3 is 0 Å². The van der Waals surface area contributed by atoms with Gasteiger partial charge in [0.25, 0.3) is 0 Å². The van der Waals surface area contributed by atoms with Crippen molar-refractivity contribution >= 4 is 5.91 Å². The van der Waals surface area contributed by atoms with Crippen LogP contribution in [0.2, 0.25) is 0 Å². The average molecular weight is 198 g/mol. The van der Waals surface area contributed by atoms with E-state index in [9.17, 15) is 4.79 Å². The highest BCUT2D eigenvalue weighted by atomic mass is 16.1. The van der Waals surface area contributed by atoms with Crippen LogP contribution in [0.4, 0.5) is 0 Å². The van der Waals surface area contributed by atoms with E-state index < -0.39 is 0 Å². The van der Waals surface area contributed by atoms with Crippen LogP contribution in [-0.2, 0) is 4.79 Å². The van der Waals surface area contributed by atoms with Gasteiger partial charge in [0.05, 0.1) is 0 Å². The molecular formula is C11H22N2O. The van der Waals surface area contributed by atoms with Gasteiger partial charge in [-0.05, 0) is 32.7 Å². The number of rotatable bonds is 3. The van der Waals surface area contributed by atoms with Gasteiger partial charge in [0.2, 0.25) is 5.91 Å². The zero-order valence-electron chi connectivity index (χ0n) is 9.47. The van der Waals surface area contributed by atoms with E-state index in [0.717, 1.165) is 25.8 Å². The van der Waals surface area contributed by atoms with E-state index in [0.29, 0.717) is 12.1 Å². The van der Waals surface area contributed by atoms with Crippen LogP contribution in [0, 0.1) is 5.92 Å². The fraction of sp³-hybridized carbons (Fsp3) is 0.909. The highest BCUT2D eigenvalue weighted by Gasteiger charge is 2.23. The molecule has 0 spiro atoms. The molecule has 0 bridgehead atoms. The maximum absolute atomic E-state index is 11.6. The first-order valence-corrected chi connectivity index (χ1v) is 5.69. The molecule has 1 rings (SSSR count). The second-order valence-electron chi connectivity index (χ2n) is 4.31. The molecular weight excluding hydrogens is 176 g/mol. The molecule has 82 valence electrons. The predicted molar refractivity (Wildman–Crippen MR) is 58.1 cm³/mol. The minimum Gasteiger partial charge on any atom is -0.352 e. The lowest BCUT2D eigenvalue weighted by atomic mass is 9.98. The molecule has 0 aliphatic carbocycles. The van der Waals surface area contributed by atoms with Gasteiger partial charge in [0.1, 0.15) is 0 Å². The Kier molecular flexibility index (Phi) is 4.39. The van der Waals surface area contributed by atoms with Crippen LogP contribution < -0.4 is 10.6 Å². The lowest BCUT2D eigenvalue weighted by Gasteiger charge is -2.31. The van der Waals surface area contributed by atoms with Crippen molar-refractivity contribution in [1.29, 1.82) is 0 Å². The normalized spacial score (nSPS) is 29.6. The summed E-state index contributed by atoms with van der Waals surface area (Å²) in [6.07, 6.45) is 3.19. The van der Waals surface area contributed by atoms with Crippen LogP contribution in [-0.4, -0.2) is 24.5 Å². The molecule has 3 nitrogen and oxygen atoms in total. The smallest absolute Gasteiger partial charge is 0.223 e. The Morgan fingerprint density at radius 3 is 2.93 bits per heavy atom. The van der Waals surface area contributed by atoms with E-state index in [-0.39, 0.29) is 11.8 Å². The van der Waals surface area contributed by atoms with Crippen molar-refractivity contribution in [2.75, 3.05) is 6.54 Å². The Labute approximate surface area is 86.6 Å². The van der Waals surface area contributed by atoms with Gasteiger partial charge in [-0.15, -0.1) is 0 Å². The van der Waals surface area contributed by atoms with Crippen LogP contribution in [0.25, 0.3) is 0 Å². The van der Waals surface area contributed by atoms with Crippen molar-refractivity contribution in [3.8, 4) is 0 Å². The minimum atomic E-state index is 0.143. The fourth-order valence-electron chi connectivity index (χ4n) is 1.75. The molecule has 1 aliphatic heterocycles. The first kappa shape index (κ1) is 11.5. The number of nitrogens with one attached hydrogen (secondary N) is 2. The van der Waals surface area contributed by atoms with Crippen LogP contribution in [0.15, 0.2) is 0 Å². The first-order chi connectivity index (χ1) is 6.65. The molecule has 1 aliphatic rings. The SMILES string of the molecule is CCC(C)C(=O)NC1CCCNC1C. The lowest BCUT2D eigenvalue weighted by molar-refractivity contribution is -0.125. The van der Waals surface area contributed by atoms with Crippen molar-refractivity contribution in [2.45, 2.75) is 52.1 Å². The molecule has 3 heteroatoms. The highest BCUT2D eigenvalue weighted by Crippen LogP contribution is 2.10. The summed E-state index contributed by atoms with van der Waals surface area (Å²) in [5.74, 6) is 0.345. The highest BCUT2D eigenvalue weighted by molar-refractivity contribution is 5.78. The summed E-state index contributed by atoms with van der Waals surface area (Å²) in [7, 11) is 0. The molecule has 3 unspecified atom stereocenters. The number of hydrogen-bond acceptors (Lipinski definition) is 2. The summed E-state index contributed by atoms with van der Waals surface area (Å²) in [5.41, 5.74) is 0. The molecule has 1 amide bonds. The number of hydrogen-bond donors (Lipinski definition) is 2. The number of amides is 1. The molecule has 14 heavy (non-hydrogen) atoms. The van der Waals surface area contributed by atoms with E-state index in [1.807, 2.05) is 13.8 Å². The molecule has 0 aromatic rings. The number of piperidine rings is 1. The van der Waals surface area contributed by atoms with E-state index in [1.165, 1.54) is 0 Å². The summed E-state index contributed by atoms with van der Waals surface area (Å²) >= 11 is 0. The van der Waals surface area contributed by atoms with E-state index in [2.05, 4.69) is 17.6 Å². The summed E-state index contributed by atoms with van der Waals surface area (Å²) < 4.78 is 0. The van der Waals surface area contributed by atoms with E-state index in [1.54, 1.807) is 0 Å². The lowest BCUT2D eigenvalue weighted by Crippen LogP contribution is -2.52. The quantitative estimate of drug-likeness (QED) is 0.717. The number of carbonyl (C=O) groups is 1. The Bertz CT molecular complexity index is 194. The molecule has 1 saturated heterocycles. The molecule has 3 atom stereocenters. The molecule has 1 fully saturated rings. The van der Waals surface area contributed by atoms with Crippen LogP contribution >= 0.6 is 0 Å². The molecule has 0 aromatic heterocycles. The fourth-order valence-corrected chi connectivity index (χ4v) is 1.75.